The van der Waals surface area contributed by atoms with Crippen molar-refractivity contribution in [1.29, 1.82) is 0 Å². The number of carboxylic acids is 1. The van der Waals surface area contributed by atoms with E-state index in [1.165, 1.54) is 18.2 Å². The van der Waals surface area contributed by atoms with E-state index in [2.05, 4.69) is 4.72 Å². The number of hydrogen-bond acceptors (Lipinski definition) is 4. The highest BCUT2D eigenvalue weighted by Crippen LogP contribution is 2.19. The zero-order chi connectivity index (χ0) is 14.8. The molecular formula is C13H9FNO4S-. The number of nitrogens with one attached hydrogen (secondary N) is 1. The number of carbonyl (C=O) groups is 1. The first kappa shape index (κ1) is 14.0. The molecule has 5 nitrogen and oxygen atoms in total. The second-order valence-electron chi connectivity index (χ2n) is 3.90. The van der Waals surface area contributed by atoms with E-state index in [-0.39, 0.29) is 16.1 Å². The summed E-state index contributed by atoms with van der Waals surface area (Å²) in [6, 6.07) is 9.74. The lowest BCUT2D eigenvalue weighted by atomic mass is 10.2. The number of benzene rings is 2. The summed E-state index contributed by atoms with van der Waals surface area (Å²) >= 11 is 0. The van der Waals surface area contributed by atoms with Crippen LogP contribution in [0.1, 0.15) is 10.4 Å². The molecule has 20 heavy (non-hydrogen) atoms. The van der Waals surface area contributed by atoms with Crippen LogP contribution in [0.3, 0.4) is 0 Å². The lowest BCUT2D eigenvalue weighted by Crippen LogP contribution is -2.22. The second kappa shape index (κ2) is 5.30. The highest BCUT2D eigenvalue weighted by molar-refractivity contribution is 7.92. The number of aromatic carboxylic acids is 1. The Bertz CT molecular complexity index is 741. The zero-order valence-corrected chi connectivity index (χ0v) is 10.9. The van der Waals surface area contributed by atoms with Crippen molar-refractivity contribution in [3.63, 3.8) is 0 Å². The van der Waals surface area contributed by atoms with E-state index >= 15 is 0 Å². The van der Waals surface area contributed by atoms with Gasteiger partial charge in [-0.1, -0.05) is 24.3 Å². The molecule has 0 aliphatic rings. The Labute approximate surface area is 114 Å². The zero-order valence-electron chi connectivity index (χ0n) is 10.0. The standard InChI is InChI=1S/C13H10FNO4S/c14-11-3-1-2-4-12(11)15-20(18,19)10-7-5-9(6-8-10)13(16)17/h1-8,15H,(H,16,17)/p-1. The van der Waals surface area contributed by atoms with Crippen LogP contribution in [0.4, 0.5) is 10.1 Å². The molecular weight excluding hydrogens is 285 g/mol. The van der Waals surface area contributed by atoms with Gasteiger partial charge in [-0.05, 0) is 29.8 Å². The van der Waals surface area contributed by atoms with E-state index in [1.807, 2.05) is 0 Å². The normalized spacial score (nSPS) is 11.1. The van der Waals surface area contributed by atoms with Crippen molar-refractivity contribution in [3.8, 4) is 0 Å². The third kappa shape index (κ3) is 2.94. The van der Waals surface area contributed by atoms with Gasteiger partial charge in [0, 0.05) is 0 Å². The van der Waals surface area contributed by atoms with Gasteiger partial charge in [0.2, 0.25) is 0 Å². The predicted molar refractivity (Wildman–Crippen MR) is 68.0 cm³/mol. The molecule has 0 aromatic heterocycles. The third-order valence-electron chi connectivity index (χ3n) is 2.52. The number of sulfonamides is 1. The summed E-state index contributed by atoms with van der Waals surface area (Å²) in [5.74, 6) is -2.11. The van der Waals surface area contributed by atoms with Crippen molar-refractivity contribution in [3.05, 3.63) is 59.9 Å². The Balaban J connectivity index is 2.31. The van der Waals surface area contributed by atoms with Crippen molar-refractivity contribution < 1.29 is 22.7 Å². The summed E-state index contributed by atoms with van der Waals surface area (Å²) in [6.07, 6.45) is 0. The molecule has 0 unspecified atom stereocenters. The van der Waals surface area contributed by atoms with Gasteiger partial charge in [0.15, 0.2) is 0 Å². The summed E-state index contributed by atoms with van der Waals surface area (Å²) in [4.78, 5) is 10.4. The van der Waals surface area contributed by atoms with Crippen LogP contribution in [0.25, 0.3) is 0 Å². The van der Waals surface area contributed by atoms with Gasteiger partial charge in [0.1, 0.15) is 5.82 Å². The number of halogens is 1. The van der Waals surface area contributed by atoms with Crippen LogP contribution in [0.15, 0.2) is 53.4 Å². The smallest absolute Gasteiger partial charge is 0.261 e. The Kier molecular flexibility index (Phi) is 3.71. The van der Waals surface area contributed by atoms with Gasteiger partial charge in [-0.3, -0.25) is 4.72 Å². The molecule has 0 amide bonds. The molecule has 1 N–H and O–H groups in total. The second-order valence-corrected chi connectivity index (χ2v) is 5.58. The minimum Gasteiger partial charge on any atom is -0.545 e. The van der Waals surface area contributed by atoms with E-state index < -0.39 is 21.8 Å². The highest BCUT2D eigenvalue weighted by atomic mass is 32.2. The molecule has 2 rings (SSSR count). The summed E-state index contributed by atoms with van der Waals surface area (Å²) in [6.45, 7) is 0. The molecule has 0 atom stereocenters. The Morgan fingerprint density at radius 2 is 1.65 bits per heavy atom. The van der Waals surface area contributed by atoms with Crippen LogP contribution < -0.4 is 9.83 Å². The van der Waals surface area contributed by atoms with Gasteiger partial charge in [-0.25, -0.2) is 12.8 Å². The molecule has 2 aromatic rings. The van der Waals surface area contributed by atoms with E-state index in [4.69, 9.17) is 0 Å². The maximum atomic E-state index is 13.4. The molecule has 104 valence electrons. The summed E-state index contributed by atoms with van der Waals surface area (Å²) in [5, 5.41) is 10.6. The number of hydrogen-bond donors (Lipinski definition) is 1. The molecule has 0 fully saturated rings. The van der Waals surface area contributed by atoms with Gasteiger partial charge >= 0.3 is 0 Å². The van der Waals surface area contributed by atoms with E-state index in [0.717, 1.165) is 30.3 Å². The topological polar surface area (TPSA) is 86.3 Å². The molecule has 0 heterocycles. The number of para-hydroxylation sites is 1. The maximum absolute atomic E-state index is 13.4. The number of carbonyl (C=O) groups excluding carboxylic acids is 1. The van der Waals surface area contributed by atoms with Gasteiger partial charge in [-0.2, -0.15) is 0 Å². The Hall–Kier alpha value is -2.41. The largest absolute Gasteiger partial charge is 0.545 e. The first-order valence-electron chi connectivity index (χ1n) is 5.49. The fourth-order valence-corrected chi connectivity index (χ4v) is 2.59. The van der Waals surface area contributed by atoms with E-state index in [0.29, 0.717) is 0 Å². The monoisotopic (exact) mass is 294 g/mol. The number of carboxylic acid groups (broad SMARTS) is 1. The quantitative estimate of drug-likeness (QED) is 0.911. The molecule has 2 aromatic carbocycles. The van der Waals surface area contributed by atoms with E-state index in [9.17, 15) is 22.7 Å². The minimum atomic E-state index is -3.98. The van der Waals surface area contributed by atoms with Crippen molar-refractivity contribution in [2.45, 2.75) is 4.90 Å². The Morgan fingerprint density at radius 1 is 1.05 bits per heavy atom. The van der Waals surface area contributed by atoms with Gasteiger partial charge in [0.25, 0.3) is 10.0 Å². The lowest BCUT2D eigenvalue weighted by molar-refractivity contribution is -0.255. The average Bonchev–Trinajstić information content (AvgIpc) is 2.41. The van der Waals surface area contributed by atoms with Crippen LogP contribution in [0.2, 0.25) is 0 Å². The van der Waals surface area contributed by atoms with Crippen molar-refractivity contribution >= 4 is 21.7 Å². The SMILES string of the molecule is O=C([O-])c1ccc(S(=O)(=O)Nc2ccccc2F)cc1. The van der Waals surface area contributed by atoms with Crippen LogP contribution >= 0.6 is 0 Å². The third-order valence-corrected chi connectivity index (χ3v) is 3.90. The molecule has 0 saturated carbocycles. The first-order valence-corrected chi connectivity index (χ1v) is 6.97. The lowest BCUT2D eigenvalue weighted by Gasteiger charge is -2.09. The van der Waals surface area contributed by atoms with Crippen LogP contribution in [-0.4, -0.2) is 14.4 Å². The Morgan fingerprint density at radius 3 is 2.20 bits per heavy atom. The van der Waals surface area contributed by atoms with Crippen LogP contribution in [-0.2, 0) is 10.0 Å². The molecule has 0 saturated heterocycles. The predicted octanol–water partition coefficient (Wildman–Crippen LogP) is 0.990. The number of anilines is 1. The fraction of sp³-hybridized carbons (Fsp3) is 0. The molecule has 7 heteroatoms. The van der Waals surface area contributed by atoms with Gasteiger partial charge in [0.05, 0.1) is 16.6 Å². The molecule has 0 bridgehead atoms. The highest BCUT2D eigenvalue weighted by Gasteiger charge is 2.15. The molecule has 0 spiro atoms. The molecule has 0 aliphatic heterocycles. The minimum absolute atomic E-state index is 0.144. The fourth-order valence-electron chi connectivity index (χ4n) is 1.52. The maximum Gasteiger partial charge on any atom is 0.261 e. The molecule has 0 radical (unpaired) electrons. The van der Waals surface area contributed by atoms with Crippen LogP contribution in [0.5, 0.6) is 0 Å². The van der Waals surface area contributed by atoms with Gasteiger partial charge in [-0.15, -0.1) is 0 Å². The average molecular weight is 294 g/mol. The summed E-state index contributed by atoms with van der Waals surface area (Å²) in [5.41, 5.74) is -0.327. The first-order chi connectivity index (χ1) is 9.40. The summed E-state index contributed by atoms with van der Waals surface area (Å²) < 4.78 is 39.5. The van der Waals surface area contributed by atoms with Crippen molar-refractivity contribution in [2.75, 3.05) is 4.72 Å². The van der Waals surface area contributed by atoms with Crippen molar-refractivity contribution in [2.24, 2.45) is 0 Å². The summed E-state index contributed by atoms with van der Waals surface area (Å²) in [7, 11) is -3.98. The van der Waals surface area contributed by atoms with Gasteiger partial charge < -0.3 is 9.90 Å². The van der Waals surface area contributed by atoms with Crippen molar-refractivity contribution in [1.82, 2.24) is 0 Å². The number of rotatable bonds is 4. The van der Waals surface area contributed by atoms with E-state index in [1.54, 1.807) is 0 Å². The van der Waals surface area contributed by atoms with Crippen LogP contribution in [0, 0.1) is 5.82 Å². The molecule has 0 aliphatic carbocycles.